The van der Waals surface area contributed by atoms with Gasteiger partial charge in [0.1, 0.15) is 5.75 Å². The van der Waals surface area contributed by atoms with E-state index in [1.165, 1.54) is 12.8 Å². The predicted molar refractivity (Wildman–Crippen MR) is 72.5 cm³/mol. The van der Waals surface area contributed by atoms with Crippen LogP contribution in [0.15, 0.2) is 24.3 Å². The van der Waals surface area contributed by atoms with Crippen molar-refractivity contribution >= 4 is 12.4 Å². The molecule has 17 heavy (non-hydrogen) atoms. The number of aromatic hydroxyl groups is 1. The van der Waals surface area contributed by atoms with Crippen LogP contribution in [-0.2, 0) is 6.42 Å². The number of rotatable bonds is 3. The second kappa shape index (κ2) is 5.71. The summed E-state index contributed by atoms with van der Waals surface area (Å²) in [7, 11) is 0. The van der Waals surface area contributed by atoms with Gasteiger partial charge in [-0.05, 0) is 50.6 Å². The van der Waals surface area contributed by atoms with Crippen LogP contribution in [0.3, 0.4) is 0 Å². The first-order chi connectivity index (χ1) is 7.58. The van der Waals surface area contributed by atoms with Gasteiger partial charge in [0.05, 0.1) is 5.66 Å². The number of nitrogens with two attached hydrogens (primary N) is 1. The van der Waals surface area contributed by atoms with Gasteiger partial charge in [-0.25, -0.2) is 0 Å². The molecule has 0 saturated carbocycles. The number of phenols is 1. The number of benzene rings is 1. The Labute approximate surface area is 109 Å². The zero-order valence-corrected chi connectivity index (χ0v) is 11.0. The van der Waals surface area contributed by atoms with Crippen LogP contribution in [0.2, 0.25) is 0 Å². The lowest BCUT2D eigenvalue weighted by molar-refractivity contribution is 0.142. The third-order valence-electron chi connectivity index (χ3n) is 3.30. The number of likely N-dealkylation sites (tertiary alicyclic amines) is 1. The SMILES string of the molecule is CC(N)(Cc1cccc(O)c1)N1CCCC1.Cl. The Morgan fingerprint density at radius 1 is 1.35 bits per heavy atom. The van der Waals surface area contributed by atoms with Crippen LogP contribution in [0.1, 0.15) is 25.3 Å². The lowest BCUT2D eigenvalue weighted by atomic mass is 10.0. The number of phenolic OH excluding ortho intramolecular Hbond substituents is 1. The van der Waals surface area contributed by atoms with E-state index in [1.54, 1.807) is 12.1 Å². The summed E-state index contributed by atoms with van der Waals surface area (Å²) >= 11 is 0. The molecule has 0 aliphatic carbocycles. The molecule has 0 radical (unpaired) electrons. The Morgan fingerprint density at radius 2 is 2.00 bits per heavy atom. The molecule has 4 heteroatoms. The predicted octanol–water partition coefficient (Wildman–Crippen LogP) is 2.13. The Hall–Kier alpha value is -0.770. The van der Waals surface area contributed by atoms with Crippen molar-refractivity contribution in [2.75, 3.05) is 13.1 Å². The van der Waals surface area contributed by atoms with E-state index in [1.807, 2.05) is 12.1 Å². The largest absolute Gasteiger partial charge is 0.508 e. The highest BCUT2D eigenvalue weighted by Gasteiger charge is 2.29. The summed E-state index contributed by atoms with van der Waals surface area (Å²) in [6.07, 6.45) is 3.26. The molecule has 96 valence electrons. The van der Waals surface area contributed by atoms with Crippen molar-refractivity contribution in [1.29, 1.82) is 0 Å². The van der Waals surface area contributed by atoms with Gasteiger partial charge in [-0.1, -0.05) is 12.1 Å². The minimum Gasteiger partial charge on any atom is -0.508 e. The molecule has 1 aromatic rings. The van der Waals surface area contributed by atoms with Gasteiger partial charge in [-0.3, -0.25) is 4.90 Å². The first-order valence-electron chi connectivity index (χ1n) is 5.90. The van der Waals surface area contributed by atoms with Crippen molar-refractivity contribution in [2.24, 2.45) is 5.73 Å². The molecule has 1 heterocycles. The van der Waals surface area contributed by atoms with Gasteiger partial charge in [0, 0.05) is 6.42 Å². The van der Waals surface area contributed by atoms with Crippen LogP contribution in [-0.4, -0.2) is 28.8 Å². The molecule has 1 aliphatic heterocycles. The normalized spacial score (nSPS) is 19.6. The van der Waals surface area contributed by atoms with E-state index >= 15 is 0 Å². The van der Waals surface area contributed by atoms with Crippen molar-refractivity contribution in [3.8, 4) is 5.75 Å². The molecule has 0 aromatic heterocycles. The summed E-state index contributed by atoms with van der Waals surface area (Å²) in [6.45, 7) is 4.25. The average Bonchev–Trinajstić information content (AvgIpc) is 2.69. The second-order valence-electron chi connectivity index (χ2n) is 4.90. The molecule has 1 aromatic carbocycles. The van der Waals surface area contributed by atoms with E-state index in [4.69, 9.17) is 5.73 Å². The molecule has 1 saturated heterocycles. The molecular weight excluding hydrogens is 236 g/mol. The Morgan fingerprint density at radius 3 is 2.59 bits per heavy atom. The molecule has 0 bridgehead atoms. The Balaban J connectivity index is 0.00000144. The van der Waals surface area contributed by atoms with Gasteiger partial charge in [-0.15, -0.1) is 12.4 Å². The maximum Gasteiger partial charge on any atom is 0.115 e. The van der Waals surface area contributed by atoms with E-state index in [-0.39, 0.29) is 18.1 Å². The summed E-state index contributed by atoms with van der Waals surface area (Å²) in [5.74, 6) is 0.315. The van der Waals surface area contributed by atoms with Gasteiger partial charge in [0.15, 0.2) is 0 Å². The summed E-state index contributed by atoms with van der Waals surface area (Å²) in [6, 6.07) is 7.36. The van der Waals surface area contributed by atoms with Gasteiger partial charge in [0.2, 0.25) is 0 Å². The topological polar surface area (TPSA) is 49.5 Å². The molecule has 1 atom stereocenters. The fourth-order valence-electron chi connectivity index (χ4n) is 2.42. The zero-order valence-electron chi connectivity index (χ0n) is 10.2. The smallest absolute Gasteiger partial charge is 0.115 e. The first-order valence-corrected chi connectivity index (χ1v) is 5.90. The summed E-state index contributed by atoms with van der Waals surface area (Å²) in [5.41, 5.74) is 7.14. The van der Waals surface area contributed by atoms with Crippen LogP contribution >= 0.6 is 12.4 Å². The maximum atomic E-state index is 9.42. The third-order valence-corrected chi connectivity index (χ3v) is 3.30. The Kier molecular flexibility index (Phi) is 4.80. The number of nitrogens with zero attached hydrogens (tertiary/aromatic N) is 1. The van der Waals surface area contributed by atoms with Crippen LogP contribution in [0.5, 0.6) is 5.75 Å². The quantitative estimate of drug-likeness (QED) is 0.871. The van der Waals surface area contributed by atoms with Crippen LogP contribution in [0.4, 0.5) is 0 Å². The Bertz CT molecular complexity index is 362. The van der Waals surface area contributed by atoms with Crippen LogP contribution < -0.4 is 5.73 Å². The first kappa shape index (κ1) is 14.3. The average molecular weight is 257 g/mol. The monoisotopic (exact) mass is 256 g/mol. The lowest BCUT2D eigenvalue weighted by Crippen LogP contribution is -2.53. The number of hydrogen-bond donors (Lipinski definition) is 2. The highest BCUT2D eigenvalue weighted by atomic mass is 35.5. The maximum absolute atomic E-state index is 9.42. The number of hydrogen-bond acceptors (Lipinski definition) is 3. The van der Waals surface area contributed by atoms with E-state index in [2.05, 4.69) is 11.8 Å². The van der Waals surface area contributed by atoms with Crippen LogP contribution in [0, 0.1) is 0 Å². The van der Waals surface area contributed by atoms with Gasteiger partial charge in [0.25, 0.3) is 0 Å². The van der Waals surface area contributed by atoms with Crippen molar-refractivity contribution in [2.45, 2.75) is 31.8 Å². The summed E-state index contributed by atoms with van der Waals surface area (Å²) < 4.78 is 0. The standard InChI is InChI=1S/C13H20N2O.ClH/c1-13(14,15-7-2-3-8-15)10-11-5-4-6-12(16)9-11;/h4-6,9,16H,2-3,7-8,10,14H2,1H3;1H. The molecule has 2 rings (SSSR count). The molecule has 0 spiro atoms. The lowest BCUT2D eigenvalue weighted by Gasteiger charge is -2.35. The van der Waals surface area contributed by atoms with Gasteiger partial charge < -0.3 is 10.8 Å². The molecular formula is C13H21ClN2O. The molecule has 3 nitrogen and oxygen atoms in total. The van der Waals surface area contributed by atoms with Crippen molar-refractivity contribution in [3.05, 3.63) is 29.8 Å². The molecule has 3 N–H and O–H groups in total. The van der Waals surface area contributed by atoms with Crippen molar-refractivity contribution < 1.29 is 5.11 Å². The highest BCUT2D eigenvalue weighted by Crippen LogP contribution is 2.22. The highest BCUT2D eigenvalue weighted by molar-refractivity contribution is 5.85. The molecule has 1 fully saturated rings. The minimum absolute atomic E-state index is 0. The minimum atomic E-state index is -0.301. The van der Waals surface area contributed by atoms with Crippen molar-refractivity contribution in [3.63, 3.8) is 0 Å². The molecule has 1 aliphatic rings. The second-order valence-corrected chi connectivity index (χ2v) is 4.90. The van der Waals surface area contributed by atoms with E-state index in [0.29, 0.717) is 5.75 Å². The summed E-state index contributed by atoms with van der Waals surface area (Å²) in [4.78, 5) is 2.33. The van der Waals surface area contributed by atoms with E-state index in [0.717, 1.165) is 25.1 Å². The molecule has 0 amide bonds. The van der Waals surface area contributed by atoms with E-state index < -0.39 is 0 Å². The number of halogens is 1. The molecule has 1 unspecified atom stereocenters. The van der Waals surface area contributed by atoms with E-state index in [9.17, 15) is 5.11 Å². The third kappa shape index (κ3) is 3.60. The van der Waals surface area contributed by atoms with Crippen molar-refractivity contribution in [1.82, 2.24) is 4.90 Å². The van der Waals surface area contributed by atoms with Gasteiger partial charge in [-0.2, -0.15) is 0 Å². The fourth-order valence-corrected chi connectivity index (χ4v) is 2.42. The summed E-state index contributed by atoms with van der Waals surface area (Å²) in [5, 5.41) is 9.42. The van der Waals surface area contributed by atoms with Crippen LogP contribution in [0.25, 0.3) is 0 Å². The zero-order chi connectivity index (χ0) is 11.6. The fraction of sp³-hybridized carbons (Fsp3) is 0.538. The van der Waals surface area contributed by atoms with Gasteiger partial charge >= 0.3 is 0 Å².